The predicted octanol–water partition coefficient (Wildman–Crippen LogP) is 2.24. The van der Waals surface area contributed by atoms with E-state index in [9.17, 15) is 10.2 Å². The van der Waals surface area contributed by atoms with Crippen molar-refractivity contribution >= 4 is 0 Å². The molecule has 2 aliphatic heterocycles. The van der Waals surface area contributed by atoms with Crippen LogP contribution in [0.4, 0.5) is 0 Å². The molecule has 0 aromatic heterocycles. The minimum absolute atomic E-state index is 0.00587. The van der Waals surface area contributed by atoms with Crippen molar-refractivity contribution in [1.82, 2.24) is 4.90 Å². The van der Waals surface area contributed by atoms with E-state index < -0.39 is 16.8 Å². The number of fused-ring (bicyclic) bond motifs is 1. The van der Waals surface area contributed by atoms with E-state index in [4.69, 9.17) is 14.2 Å². The lowest BCUT2D eigenvalue weighted by molar-refractivity contribution is -0.288. The first-order chi connectivity index (χ1) is 15.0. The average Bonchev–Trinajstić information content (AvgIpc) is 3.47. The van der Waals surface area contributed by atoms with E-state index in [2.05, 4.69) is 23.1 Å². The molecule has 31 heavy (non-hydrogen) atoms. The van der Waals surface area contributed by atoms with Gasteiger partial charge in [-0.2, -0.15) is 0 Å². The SMILES string of the molecule is COc1ccc2c(c1)[C@]13CCN(CC4CC4)[C@H](C2)[C@]1(O)C[C@H](CCO)C1(C3)OCCO1. The standard InChI is InChI=1S/C25H35NO5/c1-29-20-5-4-18-12-22-24(28)14-19(6-9-27)25(30-10-11-31-25)16-23(24,21(18)13-20)7-8-26(22)15-17-2-3-17/h4-5,13,17,19,22,27-28H,2-3,6-12,14-16H2,1H3/t19-,22+,23+,24+/m0/s1. The topological polar surface area (TPSA) is 71.4 Å². The van der Waals surface area contributed by atoms with Crippen molar-refractivity contribution in [3.8, 4) is 5.75 Å². The van der Waals surface area contributed by atoms with Crippen LogP contribution < -0.4 is 4.74 Å². The number of methoxy groups -OCH3 is 1. The van der Waals surface area contributed by atoms with Crippen molar-refractivity contribution in [2.45, 2.75) is 67.8 Å². The van der Waals surface area contributed by atoms with Crippen LogP contribution in [0.3, 0.4) is 0 Å². The second kappa shape index (κ2) is 7.16. The summed E-state index contributed by atoms with van der Waals surface area (Å²) in [6.07, 6.45) is 6.25. The molecule has 170 valence electrons. The van der Waals surface area contributed by atoms with Crippen LogP contribution >= 0.6 is 0 Å². The van der Waals surface area contributed by atoms with Gasteiger partial charge < -0.3 is 24.4 Å². The van der Waals surface area contributed by atoms with Gasteiger partial charge >= 0.3 is 0 Å². The Labute approximate surface area is 184 Å². The van der Waals surface area contributed by atoms with E-state index in [0.717, 1.165) is 37.6 Å². The van der Waals surface area contributed by atoms with Crippen LogP contribution in [0, 0.1) is 11.8 Å². The van der Waals surface area contributed by atoms with E-state index in [-0.39, 0.29) is 18.6 Å². The Bertz CT molecular complexity index is 850. The number of aliphatic hydroxyl groups excluding tert-OH is 1. The molecule has 2 saturated heterocycles. The maximum atomic E-state index is 12.6. The number of aliphatic hydroxyl groups is 2. The second-order valence-corrected chi connectivity index (χ2v) is 10.5. The van der Waals surface area contributed by atoms with Crippen LogP contribution in [0.1, 0.15) is 49.7 Å². The number of rotatable bonds is 5. The van der Waals surface area contributed by atoms with Gasteiger partial charge in [-0.15, -0.1) is 0 Å². The number of hydrogen-bond acceptors (Lipinski definition) is 6. The van der Waals surface area contributed by atoms with Crippen molar-refractivity contribution in [1.29, 1.82) is 0 Å². The van der Waals surface area contributed by atoms with Gasteiger partial charge in [-0.1, -0.05) is 6.07 Å². The molecule has 2 saturated carbocycles. The van der Waals surface area contributed by atoms with Crippen molar-refractivity contribution in [2.75, 3.05) is 40.0 Å². The molecule has 5 aliphatic rings. The number of nitrogens with zero attached hydrogens (tertiary/aromatic N) is 1. The molecule has 1 aromatic rings. The Balaban J connectivity index is 1.49. The van der Waals surface area contributed by atoms with Gasteiger partial charge in [0.05, 0.1) is 25.9 Å². The zero-order chi connectivity index (χ0) is 21.3. The fraction of sp³-hybridized carbons (Fsp3) is 0.760. The Kier molecular flexibility index (Phi) is 4.72. The summed E-state index contributed by atoms with van der Waals surface area (Å²) in [6, 6.07) is 6.51. The third-order valence-corrected chi connectivity index (χ3v) is 9.06. The lowest BCUT2D eigenvalue weighted by atomic mass is 9.46. The summed E-state index contributed by atoms with van der Waals surface area (Å²) in [5, 5.41) is 22.5. The molecule has 0 unspecified atom stereocenters. The van der Waals surface area contributed by atoms with Crippen LogP contribution in [0.2, 0.25) is 0 Å². The highest BCUT2D eigenvalue weighted by Gasteiger charge is 2.70. The predicted molar refractivity (Wildman–Crippen MR) is 115 cm³/mol. The van der Waals surface area contributed by atoms with Crippen molar-refractivity contribution in [3.05, 3.63) is 29.3 Å². The molecule has 6 heteroatoms. The molecule has 3 aliphatic carbocycles. The lowest BCUT2D eigenvalue weighted by Gasteiger charge is -2.67. The maximum Gasteiger partial charge on any atom is 0.172 e. The highest BCUT2D eigenvalue weighted by molar-refractivity contribution is 5.49. The fourth-order valence-corrected chi connectivity index (χ4v) is 7.41. The fourth-order valence-electron chi connectivity index (χ4n) is 7.41. The van der Waals surface area contributed by atoms with Crippen molar-refractivity contribution in [3.63, 3.8) is 0 Å². The molecule has 6 nitrogen and oxygen atoms in total. The summed E-state index contributed by atoms with van der Waals surface area (Å²) in [6.45, 7) is 3.35. The van der Waals surface area contributed by atoms with Gasteiger partial charge in [-0.25, -0.2) is 0 Å². The Hall–Kier alpha value is -1.18. The van der Waals surface area contributed by atoms with Gasteiger partial charge in [0.1, 0.15) is 5.75 Å². The molecule has 2 N–H and O–H groups in total. The zero-order valence-electron chi connectivity index (χ0n) is 18.5. The maximum absolute atomic E-state index is 12.6. The molecule has 6 rings (SSSR count). The highest BCUT2D eigenvalue weighted by Crippen LogP contribution is 2.63. The van der Waals surface area contributed by atoms with Crippen LogP contribution in [-0.4, -0.2) is 72.6 Å². The highest BCUT2D eigenvalue weighted by atomic mass is 16.7. The molecule has 2 heterocycles. The van der Waals surface area contributed by atoms with Gasteiger partial charge in [0, 0.05) is 36.9 Å². The smallest absolute Gasteiger partial charge is 0.172 e. The summed E-state index contributed by atoms with van der Waals surface area (Å²) < 4.78 is 18.2. The van der Waals surface area contributed by atoms with Crippen molar-refractivity contribution < 1.29 is 24.4 Å². The molecule has 1 spiro atoms. The second-order valence-electron chi connectivity index (χ2n) is 10.5. The average molecular weight is 430 g/mol. The summed E-state index contributed by atoms with van der Waals surface area (Å²) >= 11 is 0. The summed E-state index contributed by atoms with van der Waals surface area (Å²) in [7, 11) is 1.71. The van der Waals surface area contributed by atoms with Gasteiger partial charge in [0.15, 0.2) is 5.79 Å². The summed E-state index contributed by atoms with van der Waals surface area (Å²) in [4.78, 5) is 2.58. The van der Waals surface area contributed by atoms with E-state index in [0.29, 0.717) is 32.5 Å². The molecular formula is C25H35NO5. The quantitative estimate of drug-likeness (QED) is 0.748. The number of hydrogen-bond donors (Lipinski definition) is 2. The van der Waals surface area contributed by atoms with Gasteiger partial charge in [0.2, 0.25) is 0 Å². The first-order valence-corrected chi connectivity index (χ1v) is 12.1. The van der Waals surface area contributed by atoms with E-state index in [1.165, 1.54) is 24.0 Å². The summed E-state index contributed by atoms with van der Waals surface area (Å²) in [5.74, 6) is 0.913. The zero-order valence-corrected chi connectivity index (χ0v) is 18.5. The van der Waals surface area contributed by atoms with E-state index in [1.54, 1.807) is 7.11 Å². The first kappa shape index (κ1) is 20.4. The van der Waals surface area contributed by atoms with Crippen molar-refractivity contribution in [2.24, 2.45) is 11.8 Å². The summed E-state index contributed by atoms with van der Waals surface area (Å²) in [5.41, 5.74) is 1.26. The minimum Gasteiger partial charge on any atom is -0.497 e. The monoisotopic (exact) mass is 429 g/mol. The van der Waals surface area contributed by atoms with Crippen LogP contribution in [0.25, 0.3) is 0 Å². The lowest BCUT2D eigenvalue weighted by Crippen LogP contribution is -2.76. The third-order valence-electron chi connectivity index (χ3n) is 9.06. The molecule has 0 amide bonds. The number of benzene rings is 1. The van der Waals surface area contributed by atoms with E-state index in [1.807, 2.05) is 0 Å². The normalized spacial score (nSPS) is 38.7. The largest absolute Gasteiger partial charge is 0.497 e. The number of ether oxygens (including phenoxy) is 3. The van der Waals surface area contributed by atoms with Crippen LogP contribution in [-0.2, 0) is 21.3 Å². The van der Waals surface area contributed by atoms with Gasteiger partial charge in [-0.3, -0.25) is 4.90 Å². The third kappa shape index (κ3) is 2.88. The van der Waals surface area contributed by atoms with E-state index >= 15 is 0 Å². The number of piperidine rings is 1. The molecule has 4 atom stereocenters. The molecule has 1 aromatic carbocycles. The van der Waals surface area contributed by atoms with Gasteiger partial charge in [0.25, 0.3) is 0 Å². The molecular weight excluding hydrogens is 394 g/mol. The minimum atomic E-state index is -0.861. The molecule has 2 bridgehead atoms. The first-order valence-electron chi connectivity index (χ1n) is 12.1. The molecule has 4 fully saturated rings. The van der Waals surface area contributed by atoms with Crippen LogP contribution in [0.15, 0.2) is 18.2 Å². The Morgan fingerprint density at radius 3 is 2.74 bits per heavy atom. The molecule has 0 radical (unpaired) electrons. The van der Waals surface area contributed by atoms with Gasteiger partial charge in [-0.05, 0) is 74.2 Å². The Morgan fingerprint density at radius 2 is 2.03 bits per heavy atom. The van der Waals surface area contributed by atoms with Crippen LogP contribution in [0.5, 0.6) is 5.75 Å². The number of likely N-dealkylation sites (tertiary alicyclic amines) is 1. The Morgan fingerprint density at radius 1 is 1.23 bits per heavy atom.